The summed E-state index contributed by atoms with van der Waals surface area (Å²) in [6, 6.07) is 6.56. The van der Waals surface area contributed by atoms with Gasteiger partial charge in [-0.3, -0.25) is 4.79 Å². The molecule has 128 valence electrons. The number of amides is 1. The Hall–Kier alpha value is -2.63. The van der Waals surface area contributed by atoms with E-state index in [4.69, 9.17) is 9.63 Å². The van der Waals surface area contributed by atoms with Crippen molar-refractivity contribution < 1.29 is 19.2 Å². The van der Waals surface area contributed by atoms with Crippen LogP contribution in [0.3, 0.4) is 0 Å². The molecule has 0 aliphatic carbocycles. The Balaban J connectivity index is 1.98. The topological polar surface area (TPSA) is 92.4 Å². The summed E-state index contributed by atoms with van der Waals surface area (Å²) in [5, 5.41) is 15.9. The second-order valence-electron chi connectivity index (χ2n) is 6.72. The Bertz CT molecular complexity index is 757. The van der Waals surface area contributed by atoms with Crippen molar-refractivity contribution in [1.82, 2.24) is 10.5 Å². The predicted molar refractivity (Wildman–Crippen MR) is 89.4 cm³/mol. The Kier molecular flexibility index (Phi) is 5.07. The lowest BCUT2D eigenvalue weighted by Gasteiger charge is -2.12. The van der Waals surface area contributed by atoms with Crippen LogP contribution in [0.1, 0.15) is 58.5 Å². The van der Waals surface area contributed by atoms with E-state index < -0.39 is 5.97 Å². The third kappa shape index (κ3) is 4.01. The van der Waals surface area contributed by atoms with E-state index in [-0.39, 0.29) is 16.9 Å². The molecule has 0 saturated carbocycles. The molecule has 0 bridgehead atoms. The minimum absolute atomic E-state index is 0.108. The summed E-state index contributed by atoms with van der Waals surface area (Å²) in [6.45, 7) is 8.14. The van der Waals surface area contributed by atoms with Crippen molar-refractivity contribution in [3.8, 4) is 0 Å². The number of rotatable bonds is 5. The van der Waals surface area contributed by atoms with Gasteiger partial charge in [0.15, 0.2) is 0 Å². The van der Waals surface area contributed by atoms with Crippen LogP contribution < -0.4 is 5.32 Å². The molecule has 0 aliphatic heterocycles. The van der Waals surface area contributed by atoms with Gasteiger partial charge in [0, 0.05) is 30.0 Å². The van der Waals surface area contributed by atoms with Crippen LogP contribution in [-0.2, 0) is 11.8 Å². The standard InChI is InChI=1S/C18H22N2O4/c1-11-13(6-5-7-14(11)17(22)23)16(21)19-9-8-12-10-15(24-20-12)18(2,3)4/h5-7,10H,8-9H2,1-4H3,(H,19,21)(H,22,23). The number of hydrogen-bond donors (Lipinski definition) is 2. The maximum atomic E-state index is 12.2. The summed E-state index contributed by atoms with van der Waals surface area (Å²) in [4.78, 5) is 23.4. The van der Waals surface area contributed by atoms with Gasteiger partial charge in [0.05, 0.1) is 11.3 Å². The number of aromatic carboxylic acids is 1. The number of carbonyl (C=O) groups excluding carboxylic acids is 1. The molecule has 1 amide bonds. The molecule has 0 fully saturated rings. The minimum Gasteiger partial charge on any atom is -0.478 e. The first kappa shape index (κ1) is 17.7. The number of nitrogens with zero attached hydrogens (tertiary/aromatic N) is 1. The number of nitrogens with one attached hydrogen (secondary N) is 1. The lowest BCUT2D eigenvalue weighted by molar-refractivity contribution is 0.0696. The molecule has 0 aliphatic rings. The van der Waals surface area contributed by atoms with Gasteiger partial charge in [0.25, 0.3) is 5.91 Å². The summed E-state index contributed by atoms with van der Waals surface area (Å²) in [5.41, 5.74) is 1.62. The molecule has 1 aromatic heterocycles. The number of aromatic nitrogens is 1. The Morgan fingerprint density at radius 1 is 1.25 bits per heavy atom. The lowest BCUT2D eigenvalue weighted by atomic mass is 9.93. The summed E-state index contributed by atoms with van der Waals surface area (Å²) in [7, 11) is 0. The third-order valence-electron chi connectivity index (χ3n) is 3.77. The summed E-state index contributed by atoms with van der Waals surface area (Å²) in [5.74, 6) is -0.538. The van der Waals surface area contributed by atoms with Gasteiger partial charge in [-0.1, -0.05) is 32.0 Å². The van der Waals surface area contributed by atoms with Crippen LogP contribution in [0.5, 0.6) is 0 Å². The molecule has 2 rings (SSSR count). The summed E-state index contributed by atoms with van der Waals surface area (Å²) < 4.78 is 5.30. The van der Waals surface area contributed by atoms with E-state index >= 15 is 0 Å². The molecule has 24 heavy (non-hydrogen) atoms. The van der Waals surface area contributed by atoms with Crippen molar-refractivity contribution in [2.75, 3.05) is 6.54 Å². The quantitative estimate of drug-likeness (QED) is 0.879. The van der Waals surface area contributed by atoms with E-state index in [0.29, 0.717) is 24.1 Å². The van der Waals surface area contributed by atoms with Gasteiger partial charge in [0.2, 0.25) is 0 Å². The molecule has 1 aromatic carbocycles. The van der Waals surface area contributed by atoms with Crippen LogP contribution >= 0.6 is 0 Å². The Morgan fingerprint density at radius 2 is 1.92 bits per heavy atom. The van der Waals surface area contributed by atoms with E-state index in [1.54, 1.807) is 19.1 Å². The highest BCUT2D eigenvalue weighted by molar-refractivity contribution is 5.99. The summed E-state index contributed by atoms with van der Waals surface area (Å²) in [6.07, 6.45) is 0.545. The van der Waals surface area contributed by atoms with E-state index in [1.165, 1.54) is 6.07 Å². The largest absolute Gasteiger partial charge is 0.478 e. The average Bonchev–Trinajstić information content (AvgIpc) is 2.96. The van der Waals surface area contributed by atoms with Crippen LogP contribution in [0.25, 0.3) is 0 Å². The van der Waals surface area contributed by atoms with Gasteiger partial charge < -0.3 is 14.9 Å². The van der Waals surface area contributed by atoms with Crippen molar-refractivity contribution in [3.05, 3.63) is 52.4 Å². The predicted octanol–water partition coefficient (Wildman–Crippen LogP) is 2.95. The zero-order valence-electron chi connectivity index (χ0n) is 14.3. The van der Waals surface area contributed by atoms with Gasteiger partial charge in [-0.15, -0.1) is 0 Å². The molecule has 2 N–H and O–H groups in total. The van der Waals surface area contributed by atoms with Crippen LogP contribution in [0, 0.1) is 6.92 Å². The minimum atomic E-state index is -1.04. The normalized spacial score (nSPS) is 11.3. The van der Waals surface area contributed by atoms with Crippen LogP contribution in [0.15, 0.2) is 28.8 Å². The van der Waals surface area contributed by atoms with Crippen molar-refractivity contribution in [1.29, 1.82) is 0 Å². The Labute approximate surface area is 140 Å². The van der Waals surface area contributed by atoms with Crippen molar-refractivity contribution in [2.24, 2.45) is 0 Å². The number of benzene rings is 1. The molecule has 2 aromatic rings. The number of carboxylic acids is 1. The lowest BCUT2D eigenvalue weighted by Crippen LogP contribution is -2.27. The van der Waals surface area contributed by atoms with Gasteiger partial charge in [-0.2, -0.15) is 0 Å². The second kappa shape index (κ2) is 6.86. The highest BCUT2D eigenvalue weighted by atomic mass is 16.5. The summed E-state index contributed by atoms with van der Waals surface area (Å²) >= 11 is 0. The monoisotopic (exact) mass is 330 g/mol. The molecule has 6 heteroatoms. The molecular formula is C18H22N2O4. The fourth-order valence-corrected chi connectivity index (χ4v) is 2.30. The van der Waals surface area contributed by atoms with Gasteiger partial charge >= 0.3 is 5.97 Å². The third-order valence-corrected chi connectivity index (χ3v) is 3.77. The number of hydrogen-bond acceptors (Lipinski definition) is 4. The van der Waals surface area contributed by atoms with Crippen LogP contribution in [0.2, 0.25) is 0 Å². The number of carboxylic acid groups (broad SMARTS) is 1. The molecule has 0 spiro atoms. The van der Waals surface area contributed by atoms with E-state index in [9.17, 15) is 9.59 Å². The molecule has 0 radical (unpaired) electrons. The van der Waals surface area contributed by atoms with Crippen LogP contribution in [0.4, 0.5) is 0 Å². The molecule has 0 saturated heterocycles. The van der Waals surface area contributed by atoms with Gasteiger partial charge in [0.1, 0.15) is 5.76 Å². The maximum Gasteiger partial charge on any atom is 0.335 e. The first-order chi connectivity index (χ1) is 11.2. The zero-order chi connectivity index (χ0) is 17.9. The Morgan fingerprint density at radius 3 is 2.50 bits per heavy atom. The fraction of sp³-hybridized carbons (Fsp3) is 0.389. The van der Waals surface area contributed by atoms with Gasteiger partial charge in [-0.25, -0.2) is 4.79 Å². The van der Waals surface area contributed by atoms with E-state index in [2.05, 4.69) is 10.5 Å². The molecular weight excluding hydrogens is 308 g/mol. The SMILES string of the molecule is Cc1c(C(=O)O)cccc1C(=O)NCCc1cc(C(C)(C)C)on1. The smallest absolute Gasteiger partial charge is 0.335 e. The van der Waals surface area contributed by atoms with Crippen LogP contribution in [-0.4, -0.2) is 28.7 Å². The van der Waals surface area contributed by atoms with Gasteiger partial charge in [-0.05, 0) is 24.6 Å². The average molecular weight is 330 g/mol. The van der Waals surface area contributed by atoms with E-state index in [1.807, 2.05) is 26.8 Å². The number of carbonyl (C=O) groups is 2. The molecule has 1 heterocycles. The molecule has 0 unspecified atom stereocenters. The van der Waals surface area contributed by atoms with Crippen molar-refractivity contribution in [3.63, 3.8) is 0 Å². The molecule has 0 atom stereocenters. The van der Waals surface area contributed by atoms with Crippen molar-refractivity contribution >= 4 is 11.9 Å². The fourth-order valence-electron chi connectivity index (χ4n) is 2.30. The van der Waals surface area contributed by atoms with E-state index in [0.717, 1.165) is 11.5 Å². The second-order valence-corrected chi connectivity index (χ2v) is 6.72. The highest BCUT2D eigenvalue weighted by Gasteiger charge is 2.20. The first-order valence-corrected chi connectivity index (χ1v) is 7.77. The highest BCUT2D eigenvalue weighted by Crippen LogP contribution is 2.22. The zero-order valence-corrected chi connectivity index (χ0v) is 14.3. The first-order valence-electron chi connectivity index (χ1n) is 7.77. The maximum absolute atomic E-state index is 12.2. The molecule has 6 nitrogen and oxygen atoms in total. The van der Waals surface area contributed by atoms with Crippen molar-refractivity contribution in [2.45, 2.75) is 39.5 Å².